The van der Waals surface area contributed by atoms with Crippen LogP contribution in [0.5, 0.6) is 5.75 Å². The third kappa shape index (κ3) is 1.12. The molecule has 1 N–H and O–H groups in total. The number of halogens is 1. The molecule has 74 valence electrons. The summed E-state index contributed by atoms with van der Waals surface area (Å²) in [5, 5.41) is 3.29. The molecule has 14 heavy (non-hydrogen) atoms. The lowest BCUT2D eigenvalue weighted by Gasteiger charge is -2.24. The minimum Gasteiger partial charge on any atom is -0.488 e. The summed E-state index contributed by atoms with van der Waals surface area (Å²) < 4.78 is 18.8. The summed E-state index contributed by atoms with van der Waals surface area (Å²) in [5.41, 5.74) is 1.05. The Morgan fingerprint density at radius 1 is 1.43 bits per heavy atom. The molecule has 2 atom stereocenters. The average molecular weight is 193 g/mol. The second-order valence-corrected chi connectivity index (χ2v) is 3.94. The van der Waals surface area contributed by atoms with Gasteiger partial charge in [-0.05, 0) is 31.2 Å². The third-order valence-corrected chi connectivity index (χ3v) is 3.08. The van der Waals surface area contributed by atoms with E-state index in [1.165, 1.54) is 6.07 Å². The van der Waals surface area contributed by atoms with Crippen molar-refractivity contribution in [2.45, 2.75) is 18.4 Å². The molecule has 2 nitrogen and oxygen atoms in total. The zero-order valence-electron chi connectivity index (χ0n) is 7.79. The van der Waals surface area contributed by atoms with E-state index < -0.39 is 0 Å². The second kappa shape index (κ2) is 2.95. The standard InChI is InChI=1S/C11H12FNO/c12-7-1-2-10-9(5-7)8-3-4-13-6-11(8)14-10/h1-2,5,8,11,13H,3-4,6H2. The molecule has 3 rings (SSSR count). The molecule has 2 aliphatic rings. The lowest BCUT2D eigenvalue weighted by Crippen LogP contribution is -2.39. The van der Waals surface area contributed by atoms with Gasteiger partial charge in [0.05, 0.1) is 0 Å². The van der Waals surface area contributed by atoms with Crippen LogP contribution in [0.3, 0.4) is 0 Å². The van der Waals surface area contributed by atoms with Crippen LogP contribution in [-0.2, 0) is 0 Å². The summed E-state index contributed by atoms with van der Waals surface area (Å²) in [4.78, 5) is 0. The Kier molecular flexibility index (Phi) is 1.74. The Bertz CT molecular complexity index is 366. The van der Waals surface area contributed by atoms with Gasteiger partial charge in [-0.15, -0.1) is 0 Å². The highest BCUT2D eigenvalue weighted by Gasteiger charge is 2.36. The van der Waals surface area contributed by atoms with Crippen molar-refractivity contribution >= 4 is 0 Å². The maximum absolute atomic E-state index is 13.0. The minimum absolute atomic E-state index is 0.161. The summed E-state index contributed by atoms with van der Waals surface area (Å²) in [6.07, 6.45) is 1.25. The molecule has 0 radical (unpaired) electrons. The van der Waals surface area contributed by atoms with Gasteiger partial charge < -0.3 is 10.1 Å². The number of ether oxygens (including phenoxy) is 1. The molecule has 1 saturated heterocycles. The van der Waals surface area contributed by atoms with Crippen LogP contribution in [0.2, 0.25) is 0 Å². The fraction of sp³-hybridized carbons (Fsp3) is 0.455. The van der Waals surface area contributed by atoms with Gasteiger partial charge in [-0.1, -0.05) is 0 Å². The van der Waals surface area contributed by atoms with Gasteiger partial charge in [-0.2, -0.15) is 0 Å². The quantitative estimate of drug-likeness (QED) is 0.676. The fourth-order valence-corrected chi connectivity index (χ4v) is 2.39. The Morgan fingerprint density at radius 3 is 3.29 bits per heavy atom. The molecule has 1 fully saturated rings. The van der Waals surface area contributed by atoms with Crippen molar-refractivity contribution in [2.24, 2.45) is 0 Å². The first-order valence-electron chi connectivity index (χ1n) is 5.01. The molecule has 2 aliphatic heterocycles. The van der Waals surface area contributed by atoms with Crippen LogP contribution >= 0.6 is 0 Å². The number of fused-ring (bicyclic) bond motifs is 3. The first-order chi connectivity index (χ1) is 6.84. The van der Waals surface area contributed by atoms with Gasteiger partial charge in [-0.25, -0.2) is 4.39 Å². The number of hydrogen-bond donors (Lipinski definition) is 1. The molecule has 0 aromatic heterocycles. The fourth-order valence-electron chi connectivity index (χ4n) is 2.39. The van der Waals surface area contributed by atoms with E-state index in [2.05, 4.69) is 5.32 Å². The van der Waals surface area contributed by atoms with Crippen molar-refractivity contribution in [3.63, 3.8) is 0 Å². The van der Waals surface area contributed by atoms with Crippen LogP contribution in [0.15, 0.2) is 18.2 Å². The number of piperidine rings is 1. The van der Waals surface area contributed by atoms with Crippen LogP contribution in [0.1, 0.15) is 17.9 Å². The van der Waals surface area contributed by atoms with Gasteiger partial charge >= 0.3 is 0 Å². The number of nitrogens with one attached hydrogen (secondary N) is 1. The van der Waals surface area contributed by atoms with Crippen molar-refractivity contribution in [1.82, 2.24) is 5.32 Å². The van der Waals surface area contributed by atoms with Crippen LogP contribution < -0.4 is 10.1 Å². The first kappa shape index (κ1) is 8.24. The smallest absolute Gasteiger partial charge is 0.123 e. The molecule has 2 heterocycles. The summed E-state index contributed by atoms with van der Waals surface area (Å²) >= 11 is 0. The van der Waals surface area contributed by atoms with Gasteiger partial charge in [-0.3, -0.25) is 0 Å². The summed E-state index contributed by atoms with van der Waals surface area (Å²) in [5.74, 6) is 1.10. The largest absolute Gasteiger partial charge is 0.488 e. The van der Waals surface area contributed by atoms with E-state index in [9.17, 15) is 4.39 Å². The average Bonchev–Trinajstić information content (AvgIpc) is 2.56. The molecule has 0 aliphatic carbocycles. The van der Waals surface area contributed by atoms with Crippen molar-refractivity contribution in [3.8, 4) is 5.75 Å². The predicted octanol–water partition coefficient (Wildman–Crippen LogP) is 1.66. The normalized spacial score (nSPS) is 29.2. The molecule has 0 spiro atoms. The van der Waals surface area contributed by atoms with E-state index in [0.29, 0.717) is 5.92 Å². The van der Waals surface area contributed by atoms with Crippen molar-refractivity contribution in [3.05, 3.63) is 29.6 Å². The molecule has 0 bridgehead atoms. The summed E-state index contributed by atoms with van der Waals surface area (Å²) in [7, 11) is 0. The Hall–Kier alpha value is -1.09. The van der Waals surface area contributed by atoms with E-state index in [0.717, 1.165) is 30.8 Å². The van der Waals surface area contributed by atoms with Crippen LogP contribution in [0.4, 0.5) is 4.39 Å². The number of rotatable bonds is 0. The molecule has 0 saturated carbocycles. The Balaban J connectivity index is 2.02. The molecule has 3 heteroatoms. The Morgan fingerprint density at radius 2 is 2.36 bits per heavy atom. The number of benzene rings is 1. The highest BCUT2D eigenvalue weighted by Crippen LogP contribution is 2.41. The zero-order valence-corrected chi connectivity index (χ0v) is 7.79. The minimum atomic E-state index is -0.161. The maximum atomic E-state index is 13.0. The Labute approximate surface area is 82.1 Å². The molecule has 1 aromatic carbocycles. The maximum Gasteiger partial charge on any atom is 0.123 e. The van der Waals surface area contributed by atoms with E-state index in [-0.39, 0.29) is 11.9 Å². The summed E-state index contributed by atoms with van der Waals surface area (Å²) in [6, 6.07) is 4.82. The van der Waals surface area contributed by atoms with Gasteiger partial charge in [0, 0.05) is 18.0 Å². The highest BCUT2D eigenvalue weighted by atomic mass is 19.1. The topological polar surface area (TPSA) is 21.3 Å². The number of hydrogen-bond acceptors (Lipinski definition) is 2. The van der Waals surface area contributed by atoms with Crippen LogP contribution in [0.25, 0.3) is 0 Å². The molecule has 2 unspecified atom stereocenters. The second-order valence-electron chi connectivity index (χ2n) is 3.94. The lowest BCUT2D eigenvalue weighted by molar-refractivity contribution is 0.177. The zero-order chi connectivity index (χ0) is 9.54. The molecular weight excluding hydrogens is 181 g/mol. The van der Waals surface area contributed by atoms with Crippen molar-refractivity contribution in [2.75, 3.05) is 13.1 Å². The lowest BCUT2D eigenvalue weighted by atomic mass is 9.90. The predicted molar refractivity (Wildman–Crippen MR) is 51.0 cm³/mol. The van der Waals surface area contributed by atoms with Crippen LogP contribution in [0, 0.1) is 5.82 Å². The van der Waals surface area contributed by atoms with Crippen molar-refractivity contribution < 1.29 is 9.13 Å². The van der Waals surface area contributed by atoms with E-state index >= 15 is 0 Å². The monoisotopic (exact) mass is 193 g/mol. The first-order valence-corrected chi connectivity index (χ1v) is 5.01. The molecule has 0 amide bonds. The third-order valence-electron chi connectivity index (χ3n) is 3.08. The summed E-state index contributed by atoms with van der Waals surface area (Å²) in [6.45, 7) is 1.88. The van der Waals surface area contributed by atoms with E-state index in [1.807, 2.05) is 0 Å². The SMILES string of the molecule is Fc1ccc2c(c1)C1CCNCC1O2. The molecular formula is C11H12FNO. The van der Waals surface area contributed by atoms with Gasteiger partial charge in [0.2, 0.25) is 0 Å². The van der Waals surface area contributed by atoms with Crippen molar-refractivity contribution in [1.29, 1.82) is 0 Å². The van der Waals surface area contributed by atoms with Crippen LogP contribution in [-0.4, -0.2) is 19.2 Å². The van der Waals surface area contributed by atoms with E-state index in [4.69, 9.17) is 4.74 Å². The van der Waals surface area contributed by atoms with E-state index in [1.54, 1.807) is 12.1 Å². The van der Waals surface area contributed by atoms with Gasteiger partial charge in [0.1, 0.15) is 17.7 Å². The van der Waals surface area contributed by atoms with Gasteiger partial charge in [0.15, 0.2) is 0 Å². The molecule has 1 aromatic rings. The highest BCUT2D eigenvalue weighted by molar-refractivity contribution is 5.42. The van der Waals surface area contributed by atoms with Gasteiger partial charge in [0.25, 0.3) is 0 Å².